The molecule has 0 aromatic heterocycles. The van der Waals surface area contributed by atoms with Gasteiger partial charge >= 0.3 is 0 Å². The Balaban J connectivity index is 0.00000264. The van der Waals surface area contributed by atoms with Crippen molar-refractivity contribution in [1.82, 2.24) is 15.1 Å². The summed E-state index contributed by atoms with van der Waals surface area (Å²) in [4.78, 5) is 8.86. The summed E-state index contributed by atoms with van der Waals surface area (Å²) < 4.78 is 5.27. The molecule has 1 fully saturated rings. The summed E-state index contributed by atoms with van der Waals surface area (Å²) in [5.41, 5.74) is 1.32. The molecule has 1 saturated heterocycles. The number of rotatable bonds is 5. The molecule has 2 rings (SSSR count). The molecule has 5 nitrogen and oxygen atoms in total. The third kappa shape index (κ3) is 5.53. The average molecular weight is 432 g/mol. The fourth-order valence-electron chi connectivity index (χ4n) is 2.96. The largest absolute Gasteiger partial charge is 0.497 e. The molecule has 0 spiro atoms. The molecule has 0 radical (unpaired) electrons. The monoisotopic (exact) mass is 432 g/mol. The van der Waals surface area contributed by atoms with Gasteiger partial charge in [-0.25, -0.2) is 0 Å². The highest BCUT2D eigenvalue weighted by Gasteiger charge is 2.23. The zero-order valence-electron chi connectivity index (χ0n) is 14.6. The molecule has 23 heavy (non-hydrogen) atoms. The molecular weight excluding hydrogens is 403 g/mol. The number of halogens is 1. The molecule has 1 aromatic rings. The molecule has 6 heteroatoms. The van der Waals surface area contributed by atoms with Gasteiger partial charge < -0.3 is 15.0 Å². The van der Waals surface area contributed by atoms with Crippen LogP contribution in [-0.2, 0) is 0 Å². The van der Waals surface area contributed by atoms with Crippen LogP contribution < -0.4 is 10.1 Å². The first kappa shape index (κ1) is 20.0. The van der Waals surface area contributed by atoms with Gasteiger partial charge in [0.25, 0.3) is 0 Å². The van der Waals surface area contributed by atoms with Crippen molar-refractivity contribution in [1.29, 1.82) is 0 Å². The van der Waals surface area contributed by atoms with Crippen molar-refractivity contribution >= 4 is 29.9 Å². The maximum absolute atomic E-state index is 5.27. The molecule has 1 N–H and O–H groups in total. The zero-order chi connectivity index (χ0) is 15.9. The van der Waals surface area contributed by atoms with Gasteiger partial charge in [0.2, 0.25) is 0 Å². The lowest BCUT2D eigenvalue weighted by molar-refractivity contribution is 0.244. The van der Waals surface area contributed by atoms with Crippen LogP contribution >= 0.6 is 24.0 Å². The molecule has 1 aliphatic heterocycles. The van der Waals surface area contributed by atoms with E-state index in [-0.39, 0.29) is 24.0 Å². The Morgan fingerprint density at radius 1 is 1.26 bits per heavy atom. The van der Waals surface area contributed by atoms with Crippen LogP contribution in [0.1, 0.15) is 24.4 Å². The Kier molecular flexibility index (Phi) is 8.68. The van der Waals surface area contributed by atoms with Gasteiger partial charge in [-0.2, -0.15) is 0 Å². The van der Waals surface area contributed by atoms with E-state index in [1.807, 2.05) is 38.2 Å². The fraction of sp³-hybridized carbons (Fsp3) is 0.588. The van der Waals surface area contributed by atoms with E-state index >= 15 is 0 Å². The first-order chi connectivity index (χ1) is 10.7. The maximum Gasteiger partial charge on any atom is 0.193 e. The highest BCUT2D eigenvalue weighted by molar-refractivity contribution is 14.0. The van der Waals surface area contributed by atoms with Crippen LogP contribution in [0.2, 0.25) is 0 Å². The number of guanidine groups is 1. The lowest BCUT2D eigenvalue weighted by Crippen LogP contribution is -2.42. The second kappa shape index (κ2) is 9.97. The topological polar surface area (TPSA) is 40.1 Å². The Morgan fingerprint density at radius 3 is 2.35 bits per heavy atom. The van der Waals surface area contributed by atoms with Gasteiger partial charge in [0.15, 0.2) is 5.96 Å². The Bertz CT molecular complexity index is 484. The van der Waals surface area contributed by atoms with Crippen molar-refractivity contribution < 1.29 is 4.74 Å². The predicted molar refractivity (Wildman–Crippen MR) is 107 cm³/mol. The first-order valence-corrected chi connectivity index (χ1v) is 7.91. The molecule has 0 amide bonds. The number of hydrogen-bond acceptors (Lipinski definition) is 3. The number of nitrogens with one attached hydrogen (secondary N) is 1. The van der Waals surface area contributed by atoms with Gasteiger partial charge in [-0.05, 0) is 43.6 Å². The smallest absolute Gasteiger partial charge is 0.193 e. The zero-order valence-corrected chi connectivity index (χ0v) is 16.9. The number of hydrogen-bond donors (Lipinski definition) is 1. The molecule has 1 aromatic carbocycles. The SMILES string of the molecule is CN=C(NCC(c1ccc(OC)cc1)N1CCCC1)N(C)C.I. The Labute approximate surface area is 157 Å². The summed E-state index contributed by atoms with van der Waals surface area (Å²) in [5.74, 6) is 1.82. The summed E-state index contributed by atoms with van der Waals surface area (Å²) in [7, 11) is 7.54. The minimum Gasteiger partial charge on any atom is -0.497 e. The van der Waals surface area contributed by atoms with Gasteiger partial charge in [0, 0.05) is 27.7 Å². The first-order valence-electron chi connectivity index (χ1n) is 7.91. The van der Waals surface area contributed by atoms with Crippen LogP contribution in [0.5, 0.6) is 5.75 Å². The highest BCUT2D eigenvalue weighted by atomic mass is 127. The standard InChI is InChI=1S/C17H28N4O.HI/c1-18-17(20(2)3)19-13-16(21-11-5-6-12-21)14-7-9-15(22-4)10-8-14;/h7-10,16H,5-6,11-13H2,1-4H3,(H,18,19);1H. The van der Waals surface area contributed by atoms with E-state index in [1.54, 1.807) is 7.11 Å². The van der Waals surface area contributed by atoms with Gasteiger partial charge in [0.05, 0.1) is 13.2 Å². The van der Waals surface area contributed by atoms with Crippen molar-refractivity contribution in [3.05, 3.63) is 29.8 Å². The van der Waals surface area contributed by atoms with E-state index < -0.39 is 0 Å². The number of likely N-dealkylation sites (tertiary alicyclic amines) is 1. The highest BCUT2D eigenvalue weighted by Crippen LogP contribution is 2.26. The second-order valence-electron chi connectivity index (χ2n) is 5.85. The molecule has 0 aliphatic carbocycles. The van der Waals surface area contributed by atoms with E-state index in [9.17, 15) is 0 Å². The van der Waals surface area contributed by atoms with Crippen LogP contribution in [-0.4, -0.2) is 63.6 Å². The lowest BCUT2D eigenvalue weighted by atomic mass is 10.1. The Morgan fingerprint density at radius 2 is 1.87 bits per heavy atom. The molecule has 1 atom stereocenters. The minimum atomic E-state index is 0. The van der Waals surface area contributed by atoms with E-state index in [4.69, 9.17) is 4.74 Å². The van der Waals surface area contributed by atoms with E-state index in [2.05, 4.69) is 27.3 Å². The molecule has 1 heterocycles. The number of ether oxygens (including phenoxy) is 1. The van der Waals surface area contributed by atoms with Gasteiger partial charge in [-0.15, -0.1) is 24.0 Å². The number of nitrogens with zero attached hydrogens (tertiary/aromatic N) is 3. The molecule has 0 bridgehead atoms. The van der Waals surface area contributed by atoms with Gasteiger partial charge in [-0.3, -0.25) is 9.89 Å². The summed E-state index contributed by atoms with van der Waals surface area (Å²) in [6.45, 7) is 3.19. The summed E-state index contributed by atoms with van der Waals surface area (Å²) in [6.07, 6.45) is 2.57. The number of benzene rings is 1. The van der Waals surface area contributed by atoms with Crippen molar-refractivity contribution in [2.45, 2.75) is 18.9 Å². The maximum atomic E-state index is 5.27. The summed E-state index contributed by atoms with van der Waals surface area (Å²) in [5, 5.41) is 3.48. The second-order valence-corrected chi connectivity index (χ2v) is 5.85. The molecule has 130 valence electrons. The third-order valence-corrected chi connectivity index (χ3v) is 4.17. The van der Waals surface area contributed by atoms with Crippen LogP contribution in [0.3, 0.4) is 0 Å². The van der Waals surface area contributed by atoms with E-state index in [1.165, 1.54) is 31.5 Å². The van der Waals surface area contributed by atoms with Crippen LogP contribution in [0.25, 0.3) is 0 Å². The summed E-state index contributed by atoms with van der Waals surface area (Å²) >= 11 is 0. The number of aliphatic imine (C=N–C) groups is 1. The van der Waals surface area contributed by atoms with Crippen molar-refractivity contribution in [3.63, 3.8) is 0 Å². The minimum absolute atomic E-state index is 0. The van der Waals surface area contributed by atoms with Crippen molar-refractivity contribution in [2.24, 2.45) is 4.99 Å². The average Bonchev–Trinajstić information content (AvgIpc) is 3.05. The van der Waals surface area contributed by atoms with Gasteiger partial charge in [-0.1, -0.05) is 12.1 Å². The predicted octanol–water partition coefficient (Wildman–Crippen LogP) is 2.59. The summed E-state index contributed by atoms with van der Waals surface area (Å²) in [6, 6.07) is 8.78. The van der Waals surface area contributed by atoms with Gasteiger partial charge in [0.1, 0.15) is 5.75 Å². The van der Waals surface area contributed by atoms with Crippen molar-refractivity contribution in [3.8, 4) is 5.75 Å². The van der Waals surface area contributed by atoms with Crippen LogP contribution in [0, 0.1) is 0 Å². The van der Waals surface area contributed by atoms with E-state index in [0.29, 0.717) is 6.04 Å². The fourth-order valence-corrected chi connectivity index (χ4v) is 2.96. The number of methoxy groups -OCH3 is 1. The van der Waals surface area contributed by atoms with E-state index in [0.717, 1.165) is 18.3 Å². The molecule has 1 unspecified atom stereocenters. The van der Waals surface area contributed by atoms with Crippen molar-refractivity contribution in [2.75, 3.05) is 47.9 Å². The van der Waals surface area contributed by atoms with Crippen LogP contribution in [0.15, 0.2) is 29.3 Å². The lowest BCUT2D eigenvalue weighted by Gasteiger charge is -2.29. The van der Waals surface area contributed by atoms with Crippen LogP contribution in [0.4, 0.5) is 0 Å². The Hall–Kier alpha value is -1.02. The molecule has 1 aliphatic rings. The quantitative estimate of drug-likeness (QED) is 0.441. The molecule has 0 saturated carbocycles. The third-order valence-electron chi connectivity index (χ3n) is 4.17. The normalized spacial score (nSPS) is 16.6. The molecular formula is C17H29IN4O.